The Kier molecular flexibility index (Phi) is 4.46. The van der Waals surface area contributed by atoms with Crippen LogP contribution in [0.4, 0.5) is 5.95 Å². The molecule has 5 rings (SSSR count). The molecule has 7 heteroatoms. The molecule has 0 saturated carbocycles. The zero-order valence-corrected chi connectivity index (χ0v) is 15.7. The number of rotatable bonds is 5. The lowest BCUT2D eigenvalue weighted by Gasteiger charge is -2.64. The standard InChI is InChI=1S/C22H21N5O2/c28-21(25-29)17-11-23-22(24-12-17)27-14-18-19(27)13-26(18)20(15-7-3-1-4-8-15)16-9-5-2-6-10-16/h1-12,18-20,29H,13-14H2,(H,25,28)/t18?,19-/m1/s1. The van der Waals surface area contributed by atoms with E-state index in [1.807, 2.05) is 12.1 Å². The highest BCUT2D eigenvalue weighted by Gasteiger charge is 2.54. The van der Waals surface area contributed by atoms with Crippen LogP contribution < -0.4 is 10.4 Å². The number of anilines is 1. The van der Waals surface area contributed by atoms with Crippen LogP contribution in [0.25, 0.3) is 0 Å². The molecule has 2 fully saturated rings. The zero-order valence-electron chi connectivity index (χ0n) is 15.7. The lowest BCUT2D eigenvalue weighted by atomic mass is 9.81. The summed E-state index contributed by atoms with van der Waals surface area (Å²) in [5, 5.41) is 8.71. The van der Waals surface area contributed by atoms with Gasteiger partial charge in [-0.3, -0.25) is 14.9 Å². The Balaban J connectivity index is 1.33. The molecule has 3 aromatic rings. The average Bonchev–Trinajstić information content (AvgIpc) is 2.78. The number of likely N-dealkylation sites (tertiary alicyclic amines) is 1. The number of hydrogen-bond acceptors (Lipinski definition) is 6. The second-order valence-electron chi connectivity index (χ2n) is 7.42. The van der Waals surface area contributed by atoms with Gasteiger partial charge in [0.1, 0.15) is 0 Å². The number of nitrogens with one attached hydrogen (secondary N) is 1. The van der Waals surface area contributed by atoms with E-state index in [2.05, 4.69) is 68.3 Å². The van der Waals surface area contributed by atoms with E-state index >= 15 is 0 Å². The molecule has 2 saturated heterocycles. The van der Waals surface area contributed by atoms with Gasteiger partial charge in [-0.1, -0.05) is 60.7 Å². The Morgan fingerprint density at radius 1 is 0.931 bits per heavy atom. The van der Waals surface area contributed by atoms with Gasteiger partial charge in [-0.2, -0.15) is 0 Å². The number of aromatic nitrogens is 2. The third-order valence-electron chi connectivity index (χ3n) is 5.87. The number of carbonyl (C=O) groups excluding carboxylic acids is 1. The molecule has 0 radical (unpaired) electrons. The minimum Gasteiger partial charge on any atom is -0.333 e. The highest BCUT2D eigenvalue weighted by molar-refractivity contribution is 5.92. The van der Waals surface area contributed by atoms with Crippen LogP contribution >= 0.6 is 0 Å². The molecule has 0 bridgehead atoms. The number of amides is 1. The van der Waals surface area contributed by atoms with Gasteiger partial charge < -0.3 is 4.90 Å². The summed E-state index contributed by atoms with van der Waals surface area (Å²) in [6.07, 6.45) is 2.88. The fraction of sp³-hybridized carbons (Fsp3) is 0.227. The molecule has 3 heterocycles. The first-order valence-electron chi connectivity index (χ1n) is 9.65. The molecule has 2 aliphatic rings. The van der Waals surface area contributed by atoms with Gasteiger partial charge in [-0.25, -0.2) is 15.4 Å². The lowest BCUT2D eigenvalue weighted by Crippen LogP contribution is -2.79. The van der Waals surface area contributed by atoms with Gasteiger partial charge in [0.2, 0.25) is 5.95 Å². The Labute approximate surface area is 168 Å². The Morgan fingerprint density at radius 3 is 2.00 bits per heavy atom. The van der Waals surface area contributed by atoms with E-state index in [1.54, 1.807) is 5.48 Å². The van der Waals surface area contributed by atoms with E-state index in [1.165, 1.54) is 23.5 Å². The van der Waals surface area contributed by atoms with Crippen LogP contribution in [-0.2, 0) is 0 Å². The molecule has 2 aromatic carbocycles. The molecule has 2 atom stereocenters. The monoisotopic (exact) mass is 387 g/mol. The van der Waals surface area contributed by atoms with Gasteiger partial charge in [0, 0.05) is 31.5 Å². The van der Waals surface area contributed by atoms with Gasteiger partial charge >= 0.3 is 0 Å². The van der Waals surface area contributed by atoms with Crippen molar-refractivity contribution in [3.63, 3.8) is 0 Å². The Bertz CT molecular complexity index is 957. The van der Waals surface area contributed by atoms with Crippen molar-refractivity contribution in [3.05, 3.63) is 89.7 Å². The molecule has 29 heavy (non-hydrogen) atoms. The summed E-state index contributed by atoms with van der Waals surface area (Å²) in [7, 11) is 0. The van der Waals surface area contributed by atoms with Crippen molar-refractivity contribution in [2.45, 2.75) is 18.1 Å². The molecule has 2 N–H and O–H groups in total. The first-order valence-corrected chi connectivity index (χ1v) is 9.65. The highest BCUT2D eigenvalue weighted by Crippen LogP contribution is 2.43. The second-order valence-corrected chi connectivity index (χ2v) is 7.42. The summed E-state index contributed by atoms with van der Waals surface area (Å²) in [6, 6.07) is 22.3. The number of piperazine rings is 1. The predicted octanol–water partition coefficient (Wildman–Crippen LogP) is 2.26. The van der Waals surface area contributed by atoms with Crippen LogP contribution in [0.1, 0.15) is 27.5 Å². The van der Waals surface area contributed by atoms with Crippen LogP contribution in [0, 0.1) is 0 Å². The first kappa shape index (κ1) is 17.8. The van der Waals surface area contributed by atoms with E-state index in [9.17, 15) is 4.79 Å². The maximum atomic E-state index is 11.4. The van der Waals surface area contributed by atoms with Crippen molar-refractivity contribution in [1.82, 2.24) is 20.3 Å². The van der Waals surface area contributed by atoms with Crippen molar-refractivity contribution < 1.29 is 10.0 Å². The smallest absolute Gasteiger partial charge is 0.277 e. The number of carbonyl (C=O) groups is 1. The van der Waals surface area contributed by atoms with Gasteiger partial charge in [0.25, 0.3) is 5.91 Å². The normalized spacial score (nSPS) is 20.6. The predicted molar refractivity (Wildman–Crippen MR) is 108 cm³/mol. The zero-order chi connectivity index (χ0) is 19.8. The van der Waals surface area contributed by atoms with Crippen molar-refractivity contribution in [3.8, 4) is 0 Å². The van der Waals surface area contributed by atoms with Gasteiger partial charge in [0.05, 0.1) is 17.6 Å². The molecule has 1 amide bonds. The second kappa shape index (κ2) is 7.27. The van der Waals surface area contributed by atoms with Crippen LogP contribution in [0.5, 0.6) is 0 Å². The van der Waals surface area contributed by atoms with E-state index in [4.69, 9.17) is 5.21 Å². The third-order valence-corrected chi connectivity index (χ3v) is 5.87. The molecule has 1 aromatic heterocycles. The summed E-state index contributed by atoms with van der Waals surface area (Å²) >= 11 is 0. The van der Waals surface area contributed by atoms with Gasteiger partial charge in [-0.15, -0.1) is 0 Å². The summed E-state index contributed by atoms with van der Waals surface area (Å²) in [5.74, 6) is 0.0118. The maximum absolute atomic E-state index is 11.4. The fourth-order valence-electron chi connectivity index (χ4n) is 4.31. The number of hydrogen-bond donors (Lipinski definition) is 2. The Hall–Kier alpha value is -3.29. The van der Waals surface area contributed by atoms with Gasteiger partial charge in [-0.05, 0) is 11.1 Å². The van der Waals surface area contributed by atoms with Crippen LogP contribution in [0.2, 0.25) is 0 Å². The van der Waals surface area contributed by atoms with E-state index in [-0.39, 0.29) is 11.6 Å². The van der Waals surface area contributed by atoms with Crippen molar-refractivity contribution in [1.29, 1.82) is 0 Å². The average molecular weight is 387 g/mol. The summed E-state index contributed by atoms with van der Waals surface area (Å²) < 4.78 is 0. The number of benzene rings is 2. The van der Waals surface area contributed by atoms with Crippen molar-refractivity contribution in [2.75, 3.05) is 18.0 Å². The highest BCUT2D eigenvalue weighted by atomic mass is 16.5. The SMILES string of the molecule is O=C(NO)c1cnc(N2CC3[C@H]2CN3C(c2ccccc2)c2ccccc2)nc1. The number of nitrogens with zero attached hydrogens (tertiary/aromatic N) is 4. The first-order chi connectivity index (χ1) is 14.3. The summed E-state index contributed by atoms with van der Waals surface area (Å²) in [4.78, 5) is 24.7. The molecule has 7 nitrogen and oxygen atoms in total. The Morgan fingerprint density at radius 2 is 1.52 bits per heavy atom. The van der Waals surface area contributed by atoms with E-state index in [0.29, 0.717) is 18.0 Å². The molecule has 1 unspecified atom stereocenters. The fourth-order valence-corrected chi connectivity index (χ4v) is 4.31. The minimum atomic E-state index is -0.610. The van der Waals surface area contributed by atoms with Crippen molar-refractivity contribution >= 4 is 11.9 Å². The van der Waals surface area contributed by atoms with E-state index in [0.717, 1.165) is 13.1 Å². The quantitative estimate of drug-likeness (QED) is 0.516. The largest absolute Gasteiger partial charge is 0.333 e. The molecular formula is C22H21N5O2. The number of hydroxylamine groups is 1. The van der Waals surface area contributed by atoms with Crippen LogP contribution in [0.3, 0.4) is 0 Å². The molecule has 0 aliphatic carbocycles. The van der Waals surface area contributed by atoms with Gasteiger partial charge in [0.15, 0.2) is 0 Å². The molecule has 2 aliphatic heterocycles. The van der Waals surface area contributed by atoms with E-state index < -0.39 is 5.91 Å². The number of fused-ring (bicyclic) bond motifs is 1. The maximum Gasteiger partial charge on any atom is 0.277 e. The lowest BCUT2D eigenvalue weighted by molar-refractivity contribution is -0.0150. The summed E-state index contributed by atoms with van der Waals surface area (Å²) in [5.41, 5.74) is 4.42. The minimum absolute atomic E-state index is 0.233. The topological polar surface area (TPSA) is 81.6 Å². The third kappa shape index (κ3) is 3.04. The van der Waals surface area contributed by atoms with Crippen LogP contribution in [-0.4, -0.2) is 51.2 Å². The molecule has 146 valence electrons. The van der Waals surface area contributed by atoms with Crippen LogP contribution in [0.15, 0.2) is 73.1 Å². The van der Waals surface area contributed by atoms with Crippen molar-refractivity contribution in [2.24, 2.45) is 0 Å². The molecule has 0 spiro atoms. The molecular weight excluding hydrogens is 366 g/mol. The summed E-state index contributed by atoms with van der Waals surface area (Å²) in [6.45, 7) is 1.79.